The molecule has 5 heteroatoms. The van der Waals surface area contributed by atoms with Gasteiger partial charge in [0.1, 0.15) is 0 Å². The largest absolute Gasteiger partial charge is 0.341 e. The third-order valence-electron chi connectivity index (χ3n) is 3.56. The molecule has 1 aliphatic rings. The van der Waals surface area contributed by atoms with Crippen molar-refractivity contribution in [1.29, 1.82) is 0 Å². The van der Waals surface area contributed by atoms with E-state index >= 15 is 0 Å². The second-order valence-electron chi connectivity index (χ2n) is 5.18. The Morgan fingerprint density at radius 3 is 2.73 bits per heavy atom. The van der Waals surface area contributed by atoms with E-state index in [9.17, 15) is 0 Å². The first-order chi connectivity index (χ1) is 10.9. The van der Waals surface area contributed by atoms with E-state index in [4.69, 9.17) is 9.98 Å². The average molecular weight is 312 g/mol. The van der Waals surface area contributed by atoms with E-state index in [-0.39, 0.29) is 0 Å². The van der Waals surface area contributed by atoms with Crippen molar-refractivity contribution >= 4 is 23.0 Å². The highest BCUT2D eigenvalue weighted by molar-refractivity contribution is 7.07. The molecule has 0 spiro atoms. The minimum Gasteiger partial charge on any atom is -0.341 e. The molecule has 0 unspecified atom stereocenters. The molecule has 0 saturated carbocycles. The van der Waals surface area contributed by atoms with Crippen LogP contribution in [-0.4, -0.2) is 28.5 Å². The molecule has 0 radical (unpaired) electrons. The van der Waals surface area contributed by atoms with E-state index in [1.54, 1.807) is 11.3 Å². The van der Waals surface area contributed by atoms with Crippen LogP contribution in [0, 0.1) is 0 Å². The molecule has 3 rings (SSSR count). The highest BCUT2D eigenvalue weighted by Crippen LogP contribution is 2.15. The molecule has 2 aromatic rings. The summed E-state index contributed by atoms with van der Waals surface area (Å²) in [6.07, 6.45) is 6.34. The molecule has 0 bridgehead atoms. The SMILES string of the molecule is C=CCn1ccs/c1=N/C(=N/c1ccccc1)N1CCCC1. The van der Waals surface area contributed by atoms with Crippen molar-refractivity contribution in [1.82, 2.24) is 9.47 Å². The number of benzene rings is 1. The van der Waals surface area contributed by atoms with Crippen LogP contribution in [0.4, 0.5) is 5.69 Å². The maximum Gasteiger partial charge on any atom is 0.228 e. The van der Waals surface area contributed by atoms with E-state index in [0.29, 0.717) is 0 Å². The van der Waals surface area contributed by atoms with Crippen molar-refractivity contribution < 1.29 is 0 Å². The van der Waals surface area contributed by atoms with Crippen LogP contribution < -0.4 is 4.80 Å². The summed E-state index contributed by atoms with van der Waals surface area (Å²) in [5.41, 5.74) is 0.944. The average Bonchev–Trinajstić information content (AvgIpc) is 3.20. The molecule has 1 saturated heterocycles. The van der Waals surface area contributed by atoms with Crippen LogP contribution in [0.2, 0.25) is 0 Å². The van der Waals surface area contributed by atoms with E-state index in [1.807, 2.05) is 48.0 Å². The first-order valence-corrected chi connectivity index (χ1v) is 8.43. The number of rotatable bonds is 3. The zero-order chi connectivity index (χ0) is 15.2. The molecule has 0 N–H and O–H groups in total. The number of nitrogens with zero attached hydrogens (tertiary/aromatic N) is 4. The molecule has 1 aliphatic heterocycles. The Morgan fingerprint density at radius 1 is 1.23 bits per heavy atom. The number of hydrogen-bond acceptors (Lipinski definition) is 2. The molecule has 114 valence electrons. The second-order valence-corrected chi connectivity index (χ2v) is 6.05. The van der Waals surface area contributed by atoms with Gasteiger partial charge in [-0.15, -0.1) is 17.9 Å². The summed E-state index contributed by atoms with van der Waals surface area (Å²) >= 11 is 1.63. The zero-order valence-corrected chi connectivity index (χ0v) is 13.4. The molecule has 0 amide bonds. The van der Waals surface area contributed by atoms with Crippen molar-refractivity contribution in [3.05, 3.63) is 59.4 Å². The lowest BCUT2D eigenvalue weighted by Gasteiger charge is -2.16. The van der Waals surface area contributed by atoms with Crippen molar-refractivity contribution in [3.63, 3.8) is 0 Å². The number of hydrogen-bond donors (Lipinski definition) is 0. The maximum atomic E-state index is 4.82. The van der Waals surface area contributed by atoms with Crippen molar-refractivity contribution in [2.24, 2.45) is 9.98 Å². The number of para-hydroxylation sites is 1. The van der Waals surface area contributed by atoms with Crippen LogP contribution in [0.3, 0.4) is 0 Å². The lowest BCUT2D eigenvalue weighted by Crippen LogP contribution is -2.29. The van der Waals surface area contributed by atoms with Crippen LogP contribution in [0.1, 0.15) is 12.8 Å². The Kier molecular flexibility index (Phi) is 4.85. The highest BCUT2D eigenvalue weighted by Gasteiger charge is 2.16. The molecule has 1 aromatic carbocycles. The fraction of sp³-hybridized carbons (Fsp3) is 0.294. The quantitative estimate of drug-likeness (QED) is 0.485. The van der Waals surface area contributed by atoms with E-state index < -0.39 is 0 Å². The van der Waals surface area contributed by atoms with Crippen LogP contribution in [-0.2, 0) is 6.54 Å². The van der Waals surface area contributed by atoms with Gasteiger partial charge in [-0.25, -0.2) is 4.99 Å². The predicted molar refractivity (Wildman–Crippen MR) is 92.4 cm³/mol. The molecular formula is C17H20N4S. The van der Waals surface area contributed by atoms with Gasteiger partial charge in [0.15, 0.2) is 4.80 Å². The monoisotopic (exact) mass is 312 g/mol. The van der Waals surface area contributed by atoms with Crippen LogP contribution in [0.5, 0.6) is 0 Å². The molecule has 22 heavy (non-hydrogen) atoms. The Balaban J connectivity index is 2.00. The summed E-state index contributed by atoms with van der Waals surface area (Å²) in [6.45, 7) is 6.63. The van der Waals surface area contributed by atoms with E-state index in [0.717, 1.165) is 36.1 Å². The lowest BCUT2D eigenvalue weighted by atomic mass is 10.3. The van der Waals surface area contributed by atoms with Gasteiger partial charge < -0.3 is 9.47 Å². The Bertz CT molecular complexity index is 706. The second kappa shape index (κ2) is 7.22. The summed E-state index contributed by atoms with van der Waals surface area (Å²) < 4.78 is 2.09. The molecule has 0 atom stereocenters. The molecule has 0 aliphatic carbocycles. The first kappa shape index (κ1) is 14.8. The molecule has 1 aromatic heterocycles. The standard InChI is InChI=1S/C17H20N4S/c1-2-10-21-13-14-22-17(21)19-16(20-11-6-7-12-20)18-15-8-4-3-5-9-15/h2-5,8-9,13-14H,1,6-7,10-12H2/b18-16-,19-17+. The van der Waals surface area contributed by atoms with Gasteiger partial charge in [-0.05, 0) is 25.0 Å². The number of thiazole rings is 1. The predicted octanol–water partition coefficient (Wildman–Crippen LogP) is 3.42. The summed E-state index contributed by atoms with van der Waals surface area (Å²) in [4.78, 5) is 12.8. The molecule has 4 nitrogen and oxygen atoms in total. The minimum atomic E-state index is 0.765. The van der Waals surface area contributed by atoms with Crippen LogP contribution >= 0.6 is 11.3 Å². The fourth-order valence-corrected chi connectivity index (χ4v) is 3.19. The summed E-state index contributed by atoms with van der Waals surface area (Å²) in [5.74, 6) is 0.809. The number of aromatic nitrogens is 1. The van der Waals surface area contributed by atoms with Gasteiger partial charge in [-0.1, -0.05) is 24.3 Å². The number of allylic oxidation sites excluding steroid dienone is 1. The van der Waals surface area contributed by atoms with Crippen molar-refractivity contribution in [2.45, 2.75) is 19.4 Å². The van der Waals surface area contributed by atoms with Crippen LogP contribution in [0.25, 0.3) is 0 Å². The Hall–Kier alpha value is -2.14. The van der Waals surface area contributed by atoms with Crippen molar-refractivity contribution in [3.8, 4) is 0 Å². The van der Waals surface area contributed by atoms with Gasteiger partial charge in [0.2, 0.25) is 5.96 Å². The third kappa shape index (κ3) is 3.54. The number of aliphatic imine (C=N–C) groups is 1. The van der Waals surface area contributed by atoms with Gasteiger partial charge in [-0.2, -0.15) is 4.99 Å². The molecule has 2 heterocycles. The highest BCUT2D eigenvalue weighted by atomic mass is 32.1. The zero-order valence-electron chi connectivity index (χ0n) is 12.6. The smallest absolute Gasteiger partial charge is 0.228 e. The summed E-state index contributed by atoms with van der Waals surface area (Å²) in [7, 11) is 0. The molecule has 1 fully saturated rings. The minimum absolute atomic E-state index is 0.765. The third-order valence-corrected chi connectivity index (χ3v) is 4.35. The lowest BCUT2D eigenvalue weighted by molar-refractivity contribution is 0.511. The van der Waals surface area contributed by atoms with Gasteiger partial charge in [0.05, 0.1) is 5.69 Å². The van der Waals surface area contributed by atoms with Gasteiger partial charge in [0, 0.05) is 31.2 Å². The number of likely N-dealkylation sites (tertiary alicyclic amines) is 1. The van der Waals surface area contributed by atoms with E-state index in [2.05, 4.69) is 16.0 Å². The summed E-state index contributed by atoms with van der Waals surface area (Å²) in [5, 5.41) is 2.05. The van der Waals surface area contributed by atoms with Crippen molar-refractivity contribution in [2.75, 3.05) is 13.1 Å². The first-order valence-electron chi connectivity index (χ1n) is 7.55. The Morgan fingerprint density at radius 2 is 2.00 bits per heavy atom. The van der Waals surface area contributed by atoms with Gasteiger partial charge in [-0.3, -0.25) is 0 Å². The topological polar surface area (TPSA) is 32.9 Å². The Labute approximate surface area is 134 Å². The fourth-order valence-electron chi connectivity index (χ4n) is 2.45. The normalized spacial score (nSPS) is 16.3. The number of guanidine groups is 1. The van der Waals surface area contributed by atoms with Gasteiger partial charge >= 0.3 is 0 Å². The maximum absolute atomic E-state index is 4.82. The van der Waals surface area contributed by atoms with E-state index in [1.165, 1.54) is 12.8 Å². The summed E-state index contributed by atoms with van der Waals surface area (Å²) in [6, 6.07) is 10.0. The molecular weight excluding hydrogens is 292 g/mol. The van der Waals surface area contributed by atoms with Crippen LogP contribution in [0.15, 0.2) is 64.5 Å². The van der Waals surface area contributed by atoms with Gasteiger partial charge in [0.25, 0.3) is 0 Å².